The zero-order valence-corrected chi connectivity index (χ0v) is 18.6. The minimum absolute atomic E-state index is 0.0881. The average molecular weight is 439 g/mol. The van der Waals surface area contributed by atoms with Crippen LogP contribution in [0.4, 0.5) is 5.82 Å². The number of aromatic nitrogens is 3. The number of amides is 1. The Hall–Kier alpha value is -2.84. The van der Waals surface area contributed by atoms with Crippen molar-refractivity contribution in [2.45, 2.75) is 25.2 Å². The van der Waals surface area contributed by atoms with E-state index in [1.807, 2.05) is 43.3 Å². The second-order valence-corrected chi connectivity index (χ2v) is 9.06. The summed E-state index contributed by atoms with van der Waals surface area (Å²) in [7, 11) is 1.63. The summed E-state index contributed by atoms with van der Waals surface area (Å²) in [6, 6.07) is 15.7. The number of hydrogen-bond acceptors (Lipinski definition) is 6. The fraction of sp³-hybridized carbons (Fsp3) is 0.227. The van der Waals surface area contributed by atoms with Gasteiger partial charge in [0.2, 0.25) is 11.0 Å². The maximum absolute atomic E-state index is 12.6. The molecule has 0 aliphatic rings. The van der Waals surface area contributed by atoms with Gasteiger partial charge in [-0.05, 0) is 42.5 Å². The van der Waals surface area contributed by atoms with Crippen LogP contribution >= 0.6 is 23.1 Å². The van der Waals surface area contributed by atoms with Crippen LogP contribution in [0.5, 0.6) is 5.75 Å². The molecular formula is C22H22N4O2S2. The number of anilines is 1. The molecule has 0 saturated carbocycles. The maximum Gasteiger partial charge on any atom is 0.229 e. The zero-order valence-electron chi connectivity index (χ0n) is 17.0. The fourth-order valence-electron chi connectivity index (χ4n) is 3.09. The molecule has 2 aromatic heterocycles. The predicted molar refractivity (Wildman–Crippen MR) is 123 cm³/mol. The molecule has 1 amide bonds. The summed E-state index contributed by atoms with van der Waals surface area (Å²) in [6.45, 7) is 4.02. The SMILES string of the molecule is CCSc1ccc(CC(=O)Nc2cc(C)nn2-c2nc3cc(OC)ccc3s2)cc1. The molecule has 1 N–H and O–H groups in total. The van der Waals surface area contributed by atoms with Crippen molar-refractivity contribution < 1.29 is 9.53 Å². The lowest BCUT2D eigenvalue weighted by Gasteiger charge is -2.07. The summed E-state index contributed by atoms with van der Waals surface area (Å²) < 4.78 is 7.99. The van der Waals surface area contributed by atoms with Crippen molar-refractivity contribution in [1.29, 1.82) is 0 Å². The Morgan fingerprint density at radius 3 is 2.73 bits per heavy atom. The van der Waals surface area contributed by atoms with E-state index in [-0.39, 0.29) is 5.91 Å². The third-order valence-electron chi connectivity index (χ3n) is 4.46. The molecule has 0 fully saturated rings. The molecule has 2 heterocycles. The number of nitrogens with zero attached hydrogens (tertiary/aromatic N) is 3. The van der Waals surface area contributed by atoms with Gasteiger partial charge in [0, 0.05) is 17.0 Å². The lowest BCUT2D eigenvalue weighted by molar-refractivity contribution is -0.115. The third kappa shape index (κ3) is 4.49. The number of ether oxygens (including phenoxy) is 1. The summed E-state index contributed by atoms with van der Waals surface area (Å²) in [5, 5.41) is 8.21. The topological polar surface area (TPSA) is 69.0 Å². The number of carbonyl (C=O) groups is 1. The van der Waals surface area contributed by atoms with Gasteiger partial charge in [-0.3, -0.25) is 4.79 Å². The van der Waals surface area contributed by atoms with Crippen LogP contribution in [-0.4, -0.2) is 33.5 Å². The first-order valence-electron chi connectivity index (χ1n) is 9.59. The van der Waals surface area contributed by atoms with Crippen LogP contribution in [-0.2, 0) is 11.2 Å². The van der Waals surface area contributed by atoms with Crippen molar-refractivity contribution in [3.63, 3.8) is 0 Å². The molecule has 0 saturated heterocycles. The lowest BCUT2D eigenvalue weighted by atomic mass is 10.1. The molecule has 0 aliphatic carbocycles. The Labute approximate surface area is 183 Å². The summed E-state index contributed by atoms with van der Waals surface area (Å²) in [5.41, 5.74) is 2.62. The Kier molecular flexibility index (Phi) is 6.06. The van der Waals surface area contributed by atoms with Gasteiger partial charge in [-0.25, -0.2) is 4.98 Å². The van der Waals surface area contributed by atoms with Crippen molar-refractivity contribution in [2.75, 3.05) is 18.2 Å². The highest BCUT2D eigenvalue weighted by molar-refractivity contribution is 7.99. The van der Waals surface area contributed by atoms with Gasteiger partial charge in [0.05, 0.1) is 29.4 Å². The molecule has 2 aromatic carbocycles. The third-order valence-corrected chi connectivity index (χ3v) is 6.37. The number of rotatable bonds is 7. The summed E-state index contributed by atoms with van der Waals surface area (Å²) in [5.74, 6) is 2.31. The van der Waals surface area contributed by atoms with Crippen LogP contribution in [0.1, 0.15) is 18.2 Å². The van der Waals surface area contributed by atoms with Crippen LogP contribution in [0, 0.1) is 6.92 Å². The van der Waals surface area contributed by atoms with Crippen molar-refractivity contribution in [3.8, 4) is 10.9 Å². The first kappa shape index (κ1) is 20.4. The molecule has 0 bridgehead atoms. The van der Waals surface area contributed by atoms with Crippen LogP contribution in [0.25, 0.3) is 15.3 Å². The normalized spacial score (nSPS) is 11.0. The molecule has 0 unspecified atom stereocenters. The Bertz CT molecular complexity index is 1180. The number of carbonyl (C=O) groups excluding carboxylic acids is 1. The van der Waals surface area contributed by atoms with Crippen molar-refractivity contribution in [3.05, 3.63) is 59.8 Å². The first-order valence-corrected chi connectivity index (χ1v) is 11.4. The van der Waals surface area contributed by atoms with E-state index in [2.05, 4.69) is 34.5 Å². The van der Waals surface area contributed by atoms with E-state index in [0.29, 0.717) is 17.4 Å². The molecule has 0 aliphatic heterocycles. The largest absolute Gasteiger partial charge is 0.497 e. The fourth-order valence-corrected chi connectivity index (χ4v) is 4.66. The smallest absolute Gasteiger partial charge is 0.229 e. The minimum atomic E-state index is -0.0881. The van der Waals surface area contributed by atoms with E-state index in [1.165, 1.54) is 16.2 Å². The number of fused-ring (bicyclic) bond motifs is 1. The van der Waals surface area contributed by atoms with Gasteiger partial charge in [0.1, 0.15) is 11.6 Å². The van der Waals surface area contributed by atoms with Gasteiger partial charge >= 0.3 is 0 Å². The Morgan fingerprint density at radius 2 is 2.00 bits per heavy atom. The van der Waals surface area contributed by atoms with E-state index in [0.717, 1.165) is 33.0 Å². The van der Waals surface area contributed by atoms with Gasteiger partial charge in [-0.1, -0.05) is 30.4 Å². The second-order valence-electron chi connectivity index (χ2n) is 6.71. The van der Waals surface area contributed by atoms with Crippen LogP contribution in [0.2, 0.25) is 0 Å². The van der Waals surface area contributed by atoms with E-state index < -0.39 is 0 Å². The molecule has 154 valence electrons. The van der Waals surface area contributed by atoms with Gasteiger partial charge in [-0.15, -0.1) is 11.8 Å². The molecule has 4 aromatic rings. The number of benzene rings is 2. The second kappa shape index (κ2) is 8.89. The van der Waals surface area contributed by atoms with E-state index >= 15 is 0 Å². The quantitative estimate of drug-likeness (QED) is 0.407. The average Bonchev–Trinajstić information content (AvgIpc) is 3.31. The van der Waals surface area contributed by atoms with Crippen molar-refractivity contribution in [1.82, 2.24) is 14.8 Å². The Morgan fingerprint density at radius 1 is 1.20 bits per heavy atom. The molecule has 0 spiro atoms. The zero-order chi connectivity index (χ0) is 21.1. The van der Waals surface area contributed by atoms with E-state index in [9.17, 15) is 4.79 Å². The highest BCUT2D eigenvalue weighted by Crippen LogP contribution is 2.29. The van der Waals surface area contributed by atoms with E-state index in [4.69, 9.17) is 4.74 Å². The molecule has 6 nitrogen and oxygen atoms in total. The molecule has 8 heteroatoms. The Balaban J connectivity index is 1.53. The van der Waals surface area contributed by atoms with Crippen molar-refractivity contribution in [2.24, 2.45) is 0 Å². The van der Waals surface area contributed by atoms with Gasteiger partial charge < -0.3 is 10.1 Å². The number of aryl methyl sites for hydroxylation is 1. The highest BCUT2D eigenvalue weighted by atomic mass is 32.2. The lowest BCUT2D eigenvalue weighted by Crippen LogP contribution is -2.17. The van der Waals surface area contributed by atoms with Crippen LogP contribution in [0.15, 0.2) is 53.4 Å². The minimum Gasteiger partial charge on any atom is -0.497 e. The predicted octanol–water partition coefficient (Wildman–Crippen LogP) is 5.09. The number of thioether (sulfide) groups is 1. The number of nitrogens with one attached hydrogen (secondary N) is 1. The van der Waals surface area contributed by atoms with Gasteiger partial charge in [0.25, 0.3) is 0 Å². The summed E-state index contributed by atoms with van der Waals surface area (Å²) >= 11 is 3.30. The molecule has 0 atom stereocenters. The van der Waals surface area contributed by atoms with Gasteiger partial charge in [-0.2, -0.15) is 9.78 Å². The summed E-state index contributed by atoms with van der Waals surface area (Å²) in [6.07, 6.45) is 0.304. The first-order chi connectivity index (χ1) is 14.6. The molecule has 0 radical (unpaired) electrons. The molecular weight excluding hydrogens is 416 g/mol. The number of hydrogen-bond donors (Lipinski definition) is 1. The monoisotopic (exact) mass is 438 g/mol. The standard InChI is InChI=1S/C22H22N4O2S2/c1-4-29-17-8-5-15(6-9-17)12-21(27)24-20-11-14(2)25-26(20)22-23-18-13-16(28-3)7-10-19(18)30-22/h5-11,13H,4,12H2,1-3H3,(H,24,27). The van der Waals surface area contributed by atoms with E-state index in [1.54, 1.807) is 23.6 Å². The van der Waals surface area contributed by atoms with Crippen molar-refractivity contribution >= 4 is 45.0 Å². The molecule has 30 heavy (non-hydrogen) atoms. The number of thiazole rings is 1. The van der Waals surface area contributed by atoms with Crippen LogP contribution < -0.4 is 10.1 Å². The summed E-state index contributed by atoms with van der Waals surface area (Å²) in [4.78, 5) is 18.5. The van der Waals surface area contributed by atoms with Gasteiger partial charge in [0.15, 0.2) is 0 Å². The molecule has 4 rings (SSSR count). The number of methoxy groups -OCH3 is 1. The highest BCUT2D eigenvalue weighted by Gasteiger charge is 2.15. The van der Waals surface area contributed by atoms with Crippen LogP contribution in [0.3, 0.4) is 0 Å². The maximum atomic E-state index is 12.6.